The Labute approximate surface area is 106 Å². The van der Waals surface area contributed by atoms with Gasteiger partial charge in [0.05, 0.1) is 0 Å². The Bertz CT molecular complexity index is 733. The predicted octanol–water partition coefficient (Wildman–Crippen LogP) is 2.45. The third kappa shape index (κ3) is 2.22. The Morgan fingerprint density at radius 2 is 1.84 bits per heavy atom. The SMILES string of the molecule is Cc1cc(Nc2cc(F)cc(F)c2)n2ncnc2n1. The number of hydrogen-bond acceptors (Lipinski definition) is 4. The molecule has 3 aromatic rings. The van der Waals surface area contributed by atoms with Crippen LogP contribution in [-0.4, -0.2) is 19.6 Å². The molecule has 7 heteroatoms. The van der Waals surface area contributed by atoms with Crippen LogP contribution in [0.3, 0.4) is 0 Å². The van der Waals surface area contributed by atoms with E-state index in [2.05, 4.69) is 20.4 Å². The molecule has 0 unspecified atom stereocenters. The zero-order valence-electron chi connectivity index (χ0n) is 9.93. The summed E-state index contributed by atoms with van der Waals surface area (Å²) in [4.78, 5) is 8.14. The van der Waals surface area contributed by atoms with E-state index in [0.717, 1.165) is 11.8 Å². The van der Waals surface area contributed by atoms with Gasteiger partial charge < -0.3 is 5.32 Å². The first-order valence-electron chi connectivity index (χ1n) is 5.52. The van der Waals surface area contributed by atoms with Gasteiger partial charge in [-0.05, 0) is 19.1 Å². The molecule has 5 nitrogen and oxygen atoms in total. The Morgan fingerprint density at radius 1 is 1.11 bits per heavy atom. The van der Waals surface area contributed by atoms with E-state index in [9.17, 15) is 8.78 Å². The molecule has 0 aliphatic rings. The number of nitrogens with zero attached hydrogens (tertiary/aromatic N) is 4. The van der Waals surface area contributed by atoms with Gasteiger partial charge in [0.2, 0.25) is 0 Å². The van der Waals surface area contributed by atoms with E-state index in [4.69, 9.17) is 0 Å². The summed E-state index contributed by atoms with van der Waals surface area (Å²) < 4.78 is 27.7. The fourth-order valence-corrected chi connectivity index (χ4v) is 1.79. The van der Waals surface area contributed by atoms with Crippen LogP contribution in [0.1, 0.15) is 5.69 Å². The van der Waals surface area contributed by atoms with Crippen molar-refractivity contribution in [1.29, 1.82) is 0 Å². The molecule has 96 valence electrons. The molecule has 2 aromatic heterocycles. The quantitative estimate of drug-likeness (QED) is 0.769. The van der Waals surface area contributed by atoms with Crippen LogP contribution < -0.4 is 5.32 Å². The number of hydrogen-bond donors (Lipinski definition) is 1. The highest BCUT2D eigenvalue weighted by Crippen LogP contribution is 2.19. The molecule has 0 saturated heterocycles. The zero-order valence-corrected chi connectivity index (χ0v) is 9.93. The van der Waals surface area contributed by atoms with Crippen molar-refractivity contribution in [2.24, 2.45) is 0 Å². The van der Waals surface area contributed by atoms with Crippen LogP contribution in [0.2, 0.25) is 0 Å². The molecule has 0 bridgehead atoms. The molecule has 0 fully saturated rings. The maximum Gasteiger partial charge on any atom is 0.254 e. The fraction of sp³-hybridized carbons (Fsp3) is 0.0833. The first kappa shape index (κ1) is 11.5. The van der Waals surface area contributed by atoms with Crippen molar-refractivity contribution >= 4 is 17.3 Å². The molecule has 0 saturated carbocycles. The summed E-state index contributed by atoms with van der Waals surface area (Å²) in [5.41, 5.74) is 1.01. The third-order valence-corrected chi connectivity index (χ3v) is 2.51. The van der Waals surface area contributed by atoms with E-state index in [-0.39, 0.29) is 0 Å². The zero-order chi connectivity index (χ0) is 13.4. The largest absolute Gasteiger partial charge is 0.340 e. The highest BCUT2D eigenvalue weighted by molar-refractivity contribution is 5.58. The van der Waals surface area contributed by atoms with Gasteiger partial charge in [0, 0.05) is 23.5 Å². The second kappa shape index (κ2) is 4.27. The Hall–Kier alpha value is -2.57. The molecule has 0 spiro atoms. The molecular weight excluding hydrogens is 252 g/mol. The molecule has 2 heterocycles. The average Bonchev–Trinajstić information content (AvgIpc) is 2.75. The van der Waals surface area contributed by atoms with E-state index in [1.54, 1.807) is 13.0 Å². The third-order valence-electron chi connectivity index (χ3n) is 2.51. The summed E-state index contributed by atoms with van der Waals surface area (Å²) in [7, 11) is 0. The molecular formula is C12H9F2N5. The summed E-state index contributed by atoms with van der Waals surface area (Å²) >= 11 is 0. The lowest BCUT2D eigenvalue weighted by atomic mass is 10.3. The number of benzene rings is 1. The molecule has 3 rings (SSSR count). The molecule has 0 aliphatic carbocycles. The maximum absolute atomic E-state index is 13.1. The van der Waals surface area contributed by atoms with Gasteiger partial charge in [-0.15, -0.1) is 0 Å². The number of nitrogens with one attached hydrogen (secondary N) is 1. The van der Waals surface area contributed by atoms with Crippen molar-refractivity contribution < 1.29 is 8.78 Å². The minimum atomic E-state index is -0.650. The minimum absolute atomic E-state index is 0.292. The molecule has 0 radical (unpaired) electrons. The first-order valence-corrected chi connectivity index (χ1v) is 5.52. The van der Waals surface area contributed by atoms with Crippen molar-refractivity contribution in [1.82, 2.24) is 19.6 Å². The second-order valence-corrected chi connectivity index (χ2v) is 4.04. The van der Waals surface area contributed by atoms with Gasteiger partial charge in [-0.3, -0.25) is 0 Å². The topological polar surface area (TPSA) is 55.1 Å². The standard InChI is InChI=1S/C12H9F2N5/c1-7-2-11(19-12(17-7)15-6-16-19)18-10-4-8(13)3-9(14)5-10/h2-6,18H,1H3. The molecule has 0 atom stereocenters. The highest BCUT2D eigenvalue weighted by atomic mass is 19.1. The monoisotopic (exact) mass is 261 g/mol. The number of fused-ring (bicyclic) bond motifs is 1. The van der Waals surface area contributed by atoms with E-state index in [0.29, 0.717) is 17.3 Å². The first-order chi connectivity index (χ1) is 9.11. The number of aryl methyl sites for hydroxylation is 1. The van der Waals surface area contributed by atoms with Crippen LogP contribution >= 0.6 is 0 Å². The van der Waals surface area contributed by atoms with Gasteiger partial charge in [0.1, 0.15) is 23.8 Å². The molecule has 0 aliphatic heterocycles. The smallest absolute Gasteiger partial charge is 0.254 e. The van der Waals surface area contributed by atoms with E-state index in [1.807, 2.05) is 0 Å². The second-order valence-electron chi connectivity index (χ2n) is 4.04. The normalized spacial score (nSPS) is 10.9. The van der Waals surface area contributed by atoms with Crippen molar-refractivity contribution in [2.75, 3.05) is 5.32 Å². The van der Waals surface area contributed by atoms with Crippen LogP contribution in [0, 0.1) is 18.6 Å². The van der Waals surface area contributed by atoms with Crippen LogP contribution in [0.5, 0.6) is 0 Å². The number of rotatable bonds is 2. The average molecular weight is 261 g/mol. The van der Waals surface area contributed by atoms with E-state index < -0.39 is 11.6 Å². The van der Waals surface area contributed by atoms with E-state index in [1.165, 1.54) is 23.0 Å². The van der Waals surface area contributed by atoms with Gasteiger partial charge >= 0.3 is 0 Å². The van der Waals surface area contributed by atoms with Crippen molar-refractivity contribution in [3.63, 3.8) is 0 Å². The van der Waals surface area contributed by atoms with Crippen LogP contribution in [-0.2, 0) is 0 Å². The molecule has 0 amide bonds. The van der Waals surface area contributed by atoms with Gasteiger partial charge in [0.25, 0.3) is 5.78 Å². The number of anilines is 2. The van der Waals surface area contributed by atoms with Crippen molar-refractivity contribution in [2.45, 2.75) is 6.92 Å². The van der Waals surface area contributed by atoms with Gasteiger partial charge in [-0.25, -0.2) is 13.8 Å². The Balaban J connectivity index is 2.07. The van der Waals surface area contributed by atoms with Crippen LogP contribution in [0.25, 0.3) is 5.78 Å². The minimum Gasteiger partial charge on any atom is -0.340 e. The summed E-state index contributed by atoms with van der Waals surface area (Å²) in [5.74, 6) is -0.351. The van der Waals surface area contributed by atoms with E-state index >= 15 is 0 Å². The molecule has 19 heavy (non-hydrogen) atoms. The summed E-state index contributed by atoms with van der Waals surface area (Å²) in [6.45, 7) is 1.80. The lowest BCUT2D eigenvalue weighted by Gasteiger charge is -2.08. The Morgan fingerprint density at radius 3 is 2.58 bits per heavy atom. The van der Waals surface area contributed by atoms with Gasteiger partial charge in [-0.2, -0.15) is 14.6 Å². The predicted molar refractivity (Wildman–Crippen MR) is 65.2 cm³/mol. The number of halogens is 2. The highest BCUT2D eigenvalue weighted by Gasteiger charge is 2.07. The summed E-state index contributed by atoms with van der Waals surface area (Å²) in [6, 6.07) is 4.92. The lowest BCUT2D eigenvalue weighted by Crippen LogP contribution is -2.03. The van der Waals surface area contributed by atoms with Gasteiger partial charge in [0.15, 0.2) is 0 Å². The Kier molecular flexibility index (Phi) is 2.59. The van der Waals surface area contributed by atoms with Crippen LogP contribution in [0.15, 0.2) is 30.6 Å². The lowest BCUT2D eigenvalue weighted by molar-refractivity contribution is 0.584. The molecule has 1 aromatic carbocycles. The molecule has 1 N–H and O–H groups in total. The summed E-state index contributed by atoms with van der Waals surface area (Å²) in [6.07, 6.45) is 1.36. The number of aromatic nitrogens is 4. The van der Waals surface area contributed by atoms with Crippen molar-refractivity contribution in [3.05, 3.63) is 47.9 Å². The summed E-state index contributed by atoms with van der Waals surface area (Å²) in [5, 5.41) is 6.89. The fourth-order valence-electron chi connectivity index (χ4n) is 1.79. The maximum atomic E-state index is 13.1. The van der Waals surface area contributed by atoms with Crippen molar-refractivity contribution in [3.8, 4) is 0 Å². The van der Waals surface area contributed by atoms with Gasteiger partial charge in [-0.1, -0.05) is 0 Å². The van der Waals surface area contributed by atoms with Crippen LogP contribution in [0.4, 0.5) is 20.3 Å².